The monoisotopic (exact) mass is 455 g/mol. The Kier molecular flexibility index (Phi) is 6.60. The molecule has 1 aliphatic rings. The van der Waals surface area contributed by atoms with E-state index >= 15 is 0 Å². The second kappa shape index (κ2) is 9.92. The average molecular weight is 455 g/mol. The zero-order chi connectivity index (χ0) is 24.1. The van der Waals surface area contributed by atoms with Crippen molar-refractivity contribution >= 4 is 18.0 Å². The van der Waals surface area contributed by atoms with Gasteiger partial charge in [0.25, 0.3) is 0 Å². The van der Waals surface area contributed by atoms with Crippen molar-refractivity contribution in [3.05, 3.63) is 94.5 Å². The molecule has 0 saturated carbocycles. The number of carboxylic acids is 2. The summed E-state index contributed by atoms with van der Waals surface area (Å²) in [6, 6.07) is 19.9. The number of alkyl carbamates (subject to hydrolysis) is 1. The molecule has 3 N–H and O–H groups in total. The molecule has 34 heavy (non-hydrogen) atoms. The highest BCUT2D eigenvalue weighted by molar-refractivity contribution is 5.94. The van der Waals surface area contributed by atoms with Gasteiger partial charge in [-0.25, -0.2) is 14.4 Å². The van der Waals surface area contributed by atoms with E-state index in [9.17, 15) is 14.4 Å². The van der Waals surface area contributed by atoms with Gasteiger partial charge in [0.15, 0.2) is 0 Å². The van der Waals surface area contributed by atoms with Crippen LogP contribution in [0.25, 0.3) is 11.1 Å². The molecule has 3 aromatic carbocycles. The summed E-state index contributed by atoms with van der Waals surface area (Å²) in [7, 11) is 0. The highest BCUT2D eigenvalue weighted by Gasteiger charge is 2.28. The van der Waals surface area contributed by atoms with E-state index in [4.69, 9.17) is 14.9 Å². The molecule has 0 bridgehead atoms. The van der Waals surface area contributed by atoms with Crippen LogP contribution >= 0.6 is 0 Å². The predicted molar refractivity (Wildman–Crippen MR) is 125 cm³/mol. The Morgan fingerprint density at radius 2 is 1.41 bits per heavy atom. The third-order valence-electron chi connectivity index (χ3n) is 5.52. The Bertz CT molecular complexity index is 1260. The highest BCUT2D eigenvalue weighted by Crippen LogP contribution is 2.44. The van der Waals surface area contributed by atoms with Gasteiger partial charge in [0.1, 0.15) is 6.61 Å². The molecule has 0 radical (unpaired) electrons. The van der Waals surface area contributed by atoms with Gasteiger partial charge < -0.3 is 20.3 Å². The lowest BCUT2D eigenvalue weighted by atomic mass is 9.98. The topological polar surface area (TPSA) is 113 Å². The molecule has 0 spiro atoms. The number of hydrogen-bond acceptors (Lipinski definition) is 4. The zero-order valence-corrected chi connectivity index (χ0v) is 18.1. The lowest BCUT2D eigenvalue weighted by Crippen LogP contribution is -2.26. The van der Waals surface area contributed by atoms with Crippen molar-refractivity contribution in [2.75, 3.05) is 13.2 Å². The first kappa shape index (κ1) is 22.6. The van der Waals surface area contributed by atoms with Gasteiger partial charge in [0.05, 0.1) is 11.1 Å². The van der Waals surface area contributed by atoms with Crippen molar-refractivity contribution in [3.63, 3.8) is 0 Å². The Morgan fingerprint density at radius 1 is 0.853 bits per heavy atom. The molecule has 4 rings (SSSR count). The molecule has 7 nitrogen and oxygen atoms in total. The number of carboxylic acid groups (broad SMARTS) is 2. The van der Waals surface area contributed by atoms with Crippen LogP contribution in [0.15, 0.2) is 66.7 Å². The Hall–Kier alpha value is -4.57. The maximum Gasteiger partial charge on any atom is 0.407 e. The maximum absolute atomic E-state index is 12.2. The lowest BCUT2D eigenvalue weighted by molar-refractivity contribution is 0.0696. The minimum atomic E-state index is -1.23. The standard InChI is InChI=1S/C27H21NO6/c29-25(30)18-13-17(14-19(15-18)26(31)32)7-5-6-12-28-27(33)34-16-24-22-10-3-1-8-20(22)21-9-2-4-11-23(21)24/h1-4,8-11,13-15,24H,6,12,16H2,(H,28,33)(H,29,30)(H,31,32). The van der Waals surface area contributed by atoms with Gasteiger partial charge in [-0.1, -0.05) is 60.4 Å². The first-order chi connectivity index (χ1) is 16.4. The first-order valence-corrected chi connectivity index (χ1v) is 10.6. The van der Waals surface area contributed by atoms with E-state index in [1.807, 2.05) is 36.4 Å². The van der Waals surface area contributed by atoms with Crippen LogP contribution in [0.5, 0.6) is 0 Å². The van der Waals surface area contributed by atoms with Crippen LogP contribution < -0.4 is 5.32 Å². The first-order valence-electron chi connectivity index (χ1n) is 10.6. The third-order valence-corrected chi connectivity index (χ3v) is 5.52. The fraction of sp³-hybridized carbons (Fsp3) is 0.148. The van der Waals surface area contributed by atoms with E-state index in [1.54, 1.807) is 0 Å². The number of aromatic carboxylic acids is 2. The number of rotatable bonds is 6. The summed E-state index contributed by atoms with van der Waals surface area (Å²) in [6.45, 7) is 0.444. The summed E-state index contributed by atoms with van der Waals surface area (Å²) in [5.41, 5.74) is 4.54. The van der Waals surface area contributed by atoms with Crippen molar-refractivity contribution < 1.29 is 29.3 Å². The number of hydrogen-bond donors (Lipinski definition) is 3. The second-order valence-corrected chi connectivity index (χ2v) is 7.71. The molecule has 0 unspecified atom stereocenters. The molecule has 3 aromatic rings. The number of carbonyl (C=O) groups excluding carboxylic acids is 1. The summed E-state index contributed by atoms with van der Waals surface area (Å²) in [5, 5.41) is 20.9. The van der Waals surface area contributed by atoms with E-state index in [2.05, 4.69) is 29.3 Å². The van der Waals surface area contributed by atoms with Crippen molar-refractivity contribution in [2.24, 2.45) is 0 Å². The SMILES string of the molecule is O=C(NCCC#Cc1cc(C(=O)O)cc(C(=O)O)c1)OCC1c2ccccc2-c2ccccc21. The Morgan fingerprint density at radius 3 is 1.97 bits per heavy atom. The van der Waals surface area contributed by atoms with Crippen LogP contribution in [0.4, 0.5) is 4.79 Å². The molecule has 1 aliphatic carbocycles. The van der Waals surface area contributed by atoms with Crippen LogP contribution in [0.1, 0.15) is 49.7 Å². The van der Waals surface area contributed by atoms with Crippen molar-refractivity contribution in [2.45, 2.75) is 12.3 Å². The van der Waals surface area contributed by atoms with Gasteiger partial charge in [0.2, 0.25) is 0 Å². The summed E-state index contributed by atoms with van der Waals surface area (Å²) in [4.78, 5) is 34.5. The molecule has 0 atom stereocenters. The number of nitrogens with one attached hydrogen (secondary N) is 1. The van der Waals surface area contributed by atoms with E-state index in [1.165, 1.54) is 12.1 Å². The lowest BCUT2D eigenvalue weighted by Gasteiger charge is -2.14. The summed E-state index contributed by atoms with van der Waals surface area (Å²) < 4.78 is 5.46. The number of ether oxygens (including phenoxy) is 1. The quantitative estimate of drug-likeness (QED) is 0.376. The van der Waals surface area contributed by atoms with Gasteiger partial charge in [-0.3, -0.25) is 0 Å². The maximum atomic E-state index is 12.2. The molecule has 1 amide bonds. The number of benzene rings is 3. The summed E-state index contributed by atoms with van der Waals surface area (Å²) in [6.07, 6.45) is -0.270. The number of carbonyl (C=O) groups is 3. The van der Waals surface area contributed by atoms with Crippen LogP contribution in [0.2, 0.25) is 0 Å². The molecule has 0 heterocycles. The van der Waals surface area contributed by atoms with Crippen molar-refractivity contribution in [3.8, 4) is 23.0 Å². The molecule has 0 aromatic heterocycles. The highest BCUT2D eigenvalue weighted by atomic mass is 16.5. The minimum absolute atomic E-state index is 0.0251. The minimum Gasteiger partial charge on any atom is -0.478 e. The van der Waals surface area contributed by atoms with Crippen LogP contribution in [0, 0.1) is 11.8 Å². The van der Waals surface area contributed by atoms with Crippen molar-refractivity contribution in [1.82, 2.24) is 5.32 Å². The van der Waals surface area contributed by atoms with Gasteiger partial charge in [-0.05, 0) is 40.5 Å². The molecule has 0 fully saturated rings. The van der Waals surface area contributed by atoms with Crippen LogP contribution in [-0.2, 0) is 4.74 Å². The molecular formula is C27H21NO6. The molecule has 0 aliphatic heterocycles. The van der Waals surface area contributed by atoms with E-state index in [0.717, 1.165) is 28.3 Å². The van der Waals surface area contributed by atoms with Crippen molar-refractivity contribution in [1.29, 1.82) is 0 Å². The Labute approximate surface area is 196 Å². The molecule has 170 valence electrons. The normalized spacial score (nSPS) is 11.5. The molecule has 0 saturated heterocycles. The molecular weight excluding hydrogens is 434 g/mol. The smallest absolute Gasteiger partial charge is 0.407 e. The largest absolute Gasteiger partial charge is 0.478 e. The van der Waals surface area contributed by atoms with E-state index in [0.29, 0.717) is 0 Å². The van der Waals surface area contributed by atoms with Crippen LogP contribution in [0.3, 0.4) is 0 Å². The summed E-state index contributed by atoms with van der Waals surface area (Å²) in [5.74, 6) is 3.05. The zero-order valence-electron chi connectivity index (χ0n) is 18.1. The summed E-state index contributed by atoms with van der Waals surface area (Å²) >= 11 is 0. The third kappa shape index (κ3) is 4.92. The Balaban J connectivity index is 1.31. The molecule has 7 heteroatoms. The fourth-order valence-corrected chi connectivity index (χ4v) is 3.99. The fourth-order valence-electron chi connectivity index (χ4n) is 3.99. The predicted octanol–water partition coefficient (Wildman–Crippen LogP) is 4.36. The average Bonchev–Trinajstić information content (AvgIpc) is 3.16. The van der Waals surface area contributed by atoms with Gasteiger partial charge >= 0.3 is 18.0 Å². The van der Waals surface area contributed by atoms with Crippen LogP contribution in [-0.4, -0.2) is 41.4 Å². The van der Waals surface area contributed by atoms with E-state index in [-0.39, 0.29) is 42.2 Å². The number of amides is 1. The van der Waals surface area contributed by atoms with E-state index < -0.39 is 18.0 Å². The van der Waals surface area contributed by atoms with Gasteiger partial charge in [0, 0.05) is 24.4 Å². The van der Waals surface area contributed by atoms with Gasteiger partial charge in [-0.2, -0.15) is 0 Å². The number of fused-ring (bicyclic) bond motifs is 3. The second-order valence-electron chi connectivity index (χ2n) is 7.71. The van der Waals surface area contributed by atoms with Gasteiger partial charge in [-0.15, -0.1) is 0 Å².